The van der Waals surface area contributed by atoms with Crippen LogP contribution < -0.4 is 5.32 Å². The molecule has 0 radical (unpaired) electrons. The van der Waals surface area contributed by atoms with Crippen LogP contribution in [0.1, 0.15) is 25.8 Å². The number of halogens is 1. The van der Waals surface area contributed by atoms with Crippen LogP contribution in [0.2, 0.25) is 0 Å². The summed E-state index contributed by atoms with van der Waals surface area (Å²) in [5, 5.41) is 3.38. The van der Waals surface area contributed by atoms with Crippen molar-refractivity contribution in [1.29, 1.82) is 0 Å². The van der Waals surface area contributed by atoms with Crippen LogP contribution in [0.25, 0.3) is 0 Å². The lowest BCUT2D eigenvalue weighted by Crippen LogP contribution is -2.21. The maximum atomic E-state index is 5.60. The van der Waals surface area contributed by atoms with Crippen LogP contribution in [0.4, 0.5) is 0 Å². The van der Waals surface area contributed by atoms with Crippen molar-refractivity contribution in [3.63, 3.8) is 0 Å². The van der Waals surface area contributed by atoms with E-state index in [4.69, 9.17) is 4.74 Å². The smallest absolute Gasteiger partial charge is 0.0717 e. The third kappa shape index (κ3) is 7.53. The van der Waals surface area contributed by atoms with Gasteiger partial charge in [0, 0.05) is 11.0 Å². The Labute approximate surface area is 113 Å². The summed E-state index contributed by atoms with van der Waals surface area (Å²) in [6, 6.07) is 8.23. The summed E-state index contributed by atoms with van der Waals surface area (Å²) in [5.74, 6) is 0.769. The lowest BCUT2D eigenvalue weighted by Gasteiger charge is -2.08. The topological polar surface area (TPSA) is 21.3 Å². The quantitative estimate of drug-likeness (QED) is 0.741. The van der Waals surface area contributed by atoms with Crippen molar-refractivity contribution in [2.45, 2.75) is 26.9 Å². The first-order valence-corrected chi connectivity index (χ1v) is 7.00. The van der Waals surface area contributed by atoms with Crippen LogP contribution in [0.5, 0.6) is 0 Å². The van der Waals surface area contributed by atoms with Crippen molar-refractivity contribution in [2.24, 2.45) is 5.92 Å². The number of ether oxygens (including phenoxy) is 1. The molecule has 3 heteroatoms. The van der Waals surface area contributed by atoms with Gasteiger partial charge >= 0.3 is 0 Å². The fourth-order valence-corrected chi connectivity index (χ4v) is 1.92. The summed E-state index contributed by atoms with van der Waals surface area (Å²) in [4.78, 5) is 0. The lowest BCUT2D eigenvalue weighted by atomic mass is 10.1. The molecule has 0 saturated carbocycles. The molecule has 0 aliphatic rings. The highest BCUT2D eigenvalue weighted by Crippen LogP contribution is 2.12. The van der Waals surface area contributed by atoms with E-state index in [0.29, 0.717) is 6.61 Å². The van der Waals surface area contributed by atoms with Crippen molar-refractivity contribution in [3.8, 4) is 0 Å². The highest BCUT2D eigenvalue weighted by molar-refractivity contribution is 9.10. The van der Waals surface area contributed by atoms with Gasteiger partial charge in [-0.3, -0.25) is 0 Å². The van der Waals surface area contributed by atoms with Gasteiger partial charge in [0.2, 0.25) is 0 Å². The third-order valence-corrected chi connectivity index (χ3v) is 2.97. The van der Waals surface area contributed by atoms with E-state index in [1.165, 1.54) is 12.0 Å². The van der Waals surface area contributed by atoms with E-state index in [2.05, 4.69) is 47.2 Å². The van der Waals surface area contributed by atoms with E-state index in [1.807, 2.05) is 12.1 Å². The minimum absolute atomic E-state index is 0.686. The van der Waals surface area contributed by atoms with Gasteiger partial charge in [-0.1, -0.05) is 41.9 Å². The van der Waals surface area contributed by atoms with Crippen LogP contribution in [-0.2, 0) is 11.3 Å². The molecule has 0 unspecified atom stereocenters. The molecule has 0 heterocycles. The molecule has 0 fully saturated rings. The first-order valence-electron chi connectivity index (χ1n) is 6.21. The molecular formula is C14H22BrNO. The average molecular weight is 300 g/mol. The standard InChI is InChI=1S/C14H22BrNO/c1-12(2)6-7-16-8-9-17-11-13-4-3-5-14(15)10-13/h3-5,10,12,16H,6-9,11H2,1-2H3. The lowest BCUT2D eigenvalue weighted by molar-refractivity contribution is 0.122. The van der Waals surface area contributed by atoms with Crippen LogP contribution in [0, 0.1) is 5.92 Å². The molecule has 96 valence electrons. The molecule has 0 aliphatic heterocycles. The minimum Gasteiger partial charge on any atom is -0.375 e. The van der Waals surface area contributed by atoms with Crippen molar-refractivity contribution in [2.75, 3.05) is 19.7 Å². The Kier molecular flexibility index (Phi) is 7.49. The number of hydrogen-bond acceptors (Lipinski definition) is 2. The third-order valence-electron chi connectivity index (χ3n) is 2.48. The zero-order valence-electron chi connectivity index (χ0n) is 10.7. The number of rotatable bonds is 8. The van der Waals surface area contributed by atoms with Gasteiger partial charge in [0.15, 0.2) is 0 Å². The van der Waals surface area contributed by atoms with Crippen molar-refractivity contribution in [3.05, 3.63) is 34.3 Å². The molecule has 0 spiro atoms. The van der Waals surface area contributed by atoms with E-state index in [0.717, 1.165) is 30.1 Å². The first kappa shape index (κ1) is 14.7. The summed E-state index contributed by atoms with van der Waals surface area (Å²) >= 11 is 3.45. The molecule has 0 bridgehead atoms. The maximum Gasteiger partial charge on any atom is 0.0717 e. The van der Waals surface area contributed by atoms with E-state index in [1.54, 1.807) is 0 Å². The Bertz CT molecular complexity index is 315. The zero-order valence-corrected chi connectivity index (χ0v) is 12.3. The summed E-state index contributed by atoms with van der Waals surface area (Å²) in [5.41, 5.74) is 1.21. The minimum atomic E-state index is 0.686. The molecule has 0 saturated heterocycles. The fourth-order valence-electron chi connectivity index (χ4n) is 1.48. The van der Waals surface area contributed by atoms with Gasteiger partial charge in [0.25, 0.3) is 0 Å². The van der Waals surface area contributed by atoms with E-state index >= 15 is 0 Å². The largest absolute Gasteiger partial charge is 0.375 e. The molecule has 1 N–H and O–H groups in total. The molecule has 1 rings (SSSR count). The van der Waals surface area contributed by atoms with E-state index in [-0.39, 0.29) is 0 Å². The second-order valence-corrected chi connectivity index (χ2v) is 5.53. The summed E-state index contributed by atoms with van der Waals surface area (Å²) in [6.45, 7) is 7.95. The molecule has 0 aliphatic carbocycles. The van der Waals surface area contributed by atoms with Gasteiger partial charge in [-0.15, -0.1) is 0 Å². The fraction of sp³-hybridized carbons (Fsp3) is 0.571. The maximum absolute atomic E-state index is 5.60. The van der Waals surface area contributed by atoms with Gasteiger partial charge in [-0.05, 0) is 36.6 Å². The van der Waals surface area contributed by atoms with Gasteiger partial charge < -0.3 is 10.1 Å². The number of benzene rings is 1. The van der Waals surface area contributed by atoms with Crippen LogP contribution in [0.3, 0.4) is 0 Å². The van der Waals surface area contributed by atoms with Gasteiger partial charge in [0.05, 0.1) is 13.2 Å². The highest BCUT2D eigenvalue weighted by atomic mass is 79.9. The molecule has 0 amide bonds. The SMILES string of the molecule is CC(C)CCNCCOCc1cccc(Br)c1. The van der Waals surface area contributed by atoms with E-state index in [9.17, 15) is 0 Å². The van der Waals surface area contributed by atoms with Gasteiger partial charge in [-0.25, -0.2) is 0 Å². The monoisotopic (exact) mass is 299 g/mol. The molecule has 0 aromatic heterocycles. The summed E-state index contributed by atoms with van der Waals surface area (Å²) < 4.78 is 6.70. The van der Waals surface area contributed by atoms with Gasteiger partial charge in [0.1, 0.15) is 0 Å². The molecule has 1 aromatic rings. The van der Waals surface area contributed by atoms with Crippen LogP contribution in [-0.4, -0.2) is 19.7 Å². The van der Waals surface area contributed by atoms with Crippen LogP contribution in [0.15, 0.2) is 28.7 Å². The van der Waals surface area contributed by atoms with Crippen molar-refractivity contribution in [1.82, 2.24) is 5.32 Å². The van der Waals surface area contributed by atoms with Crippen molar-refractivity contribution < 1.29 is 4.74 Å². The average Bonchev–Trinajstić information content (AvgIpc) is 2.27. The molecule has 0 atom stereocenters. The predicted molar refractivity (Wildman–Crippen MR) is 76.1 cm³/mol. The number of hydrogen-bond donors (Lipinski definition) is 1. The molecule has 2 nitrogen and oxygen atoms in total. The zero-order chi connectivity index (χ0) is 12.5. The Balaban J connectivity index is 2.01. The predicted octanol–water partition coefficient (Wildman–Crippen LogP) is 3.60. The molecule has 17 heavy (non-hydrogen) atoms. The number of nitrogens with one attached hydrogen (secondary N) is 1. The van der Waals surface area contributed by atoms with Crippen LogP contribution >= 0.6 is 15.9 Å². The normalized spacial score (nSPS) is 11.1. The van der Waals surface area contributed by atoms with E-state index < -0.39 is 0 Å². The molecule has 1 aromatic carbocycles. The van der Waals surface area contributed by atoms with Gasteiger partial charge in [-0.2, -0.15) is 0 Å². The second-order valence-electron chi connectivity index (χ2n) is 4.62. The molecular weight excluding hydrogens is 278 g/mol. The Morgan fingerprint density at radius 2 is 2.12 bits per heavy atom. The first-order chi connectivity index (χ1) is 8.18. The summed E-state index contributed by atoms with van der Waals surface area (Å²) in [6.07, 6.45) is 1.23. The Morgan fingerprint density at radius 1 is 1.29 bits per heavy atom. The highest BCUT2D eigenvalue weighted by Gasteiger charge is 1.95. The second kappa shape index (κ2) is 8.67. The van der Waals surface area contributed by atoms with Crippen molar-refractivity contribution >= 4 is 15.9 Å². The Morgan fingerprint density at radius 3 is 2.82 bits per heavy atom. The summed E-state index contributed by atoms with van der Waals surface area (Å²) in [7, 11) is 0. The Hall–Kier alpha value is -0.380.